The van der Waals surface area contributed by atoms with E-state index in [1.165, 1.54) is 5.69 Å². The minimum atomic E-state index is 0. The monoisotopic (exact) mass is 504 g/mol. The van der Waals surface area contributed by atoms with Crippen molar-refractivity contribution in [2.75, 3.05) is 44.7 Å². The van der Waals surface area contributed by atoms with Crippen LogP contribution in [0.2, 0.25) is 0 Å². The Kier molecular flexibility index (Phi) is 16.3. The molecule has 28 heavy (non-hydrogen) atoms. The number of aliphatic imine (C=N–C) groups is 1. The van der Waals surface area contributed by atoms with Crippen LogP contribution < -0.4 is 15.5 Å². The lowest BCUT2D eigenvalue weighted by molar-refractivity contribution is 0.245. The average Bonchev–Trinajstić information content (AvgIpc) is 2.65. The molecule has 1 aromatic rings. The number of nitrogens with one attached hydrogen (secondary N) is 2. The van der Waals surface area contributed by atoms with Crippen molar-refractivity contribution in [2.45, 2.75) is 46.5 Å². The molecule has 0 aliphatic rings. The van der Waals surface area contributed by atoms with Crippen LogP contribution in [0.25, 0.3) is 0 Å². The number of nitrogens with zero attached hydrogens (tertiary/aromatic N) is 2. The molecule has 0 aliphatic carbocycles. The molecule has 0 heterocycles. The van der Waals surface area contributed by atoms with E-state index in [0.29, 0.717) is 11.8 Å². The van der Waals surface area contributed by atoms with Gasteiger partial charge in [0.05, 0.1) is 0 Å². The zero-order valence-electron chi connectivity index (χ0n) is 18.2. The van der Waals surface area contributed by atoms with Gasteiger partial charge in [-0.3, -0.25) is 4.99 Å². The number of hydrogen-bond acceptors (Lipinski definition) is 3. The minimum absolute atomic E-state index is 0. The number of halogens is 1. The lowest BCUT2D eigenvalue weighted by Gasteiger charge is -2.19. The van der Waals surface area contributed by atoms with Gasteiger partial charge in [-0.05, 0) is 56.6 Å². The van der Waals surface area contributed by atoms with E-state index in [1.54, 1.807) is 0 Å². The van der Waals surface area contributed by atoms with Crippen LogP contribution in [-0.2, 0) is 0 Å². The number of hydrogen-bond donors (Lipinski definition) is 3. The number of guanidine groups is 1. The van der Waals surface area contributed by atoms with Gasteiger partial charge in [0.15, 0.2) is 5.96 Å². The standard InChI is InChI=1S/C22H40N4O.HI/c1-5-23-22(25-18-20(13-16-27)17-19(2)3)24-14-9-10-15-26(4)21-11-7-6-8-12-21;/h6-8,11-12,19-20,27H,5,9-10,13-18H2,1-4H3,(H2,23,24,25);1H. The number of benzene rings is 1. The summed E-state index contributed by atoms with van der Waals surface area (Å²) in [5, 5.41) is 16.0. The zero-order chi connectivity index (χ0) is 19.9. The molecular weight excluding hydrogens is 463 g/mol. The van der Waals surface area contributed by atoms with Crippen LogP contribution in [0.4, 0.5) is 5.69 Å². The first-order valence-corrected chi connectivity index (χ1v) is 10.5. The summed E-state index contributed by atoms with van der Waals surface area (Å²) >= 11 is 0. The molecule has 0 fully saturated rings. The molecule has 1 aromatic carbocycles. The van der Waals surface area contributed by atoms with Gasteiger partial charge in [0.25, 0.3) is 0 Å². The molecule has 0 saturated heterocycles. The summed E-state index contributed by atoms with van der Waals surface area (Å²) in [5.41, 5.74) is 1.26. The first-order valence-electron chi connectivity index (χ1n) is 10.5. The van der Waals surface area contributed by atoms with E-state index >= 15 is 0 Å². The molecular formula is C22H41IN4O. The van der Waals surface area contributed by atoms with Gasteiger partial charge in [0.1, 0.15) is 0 Å². The van der Waals surface area contributed by atoms with Gasteiger partial charge in [0, 0.05) is 45.5 Å². The molecule has 0 saturated carbocycles. The predicted molar refractivity (Wildman–Crippen MR) is 133 cm³/mol. The molecule has 5 nitrogen and oxygen atoms in total. The summed E-state index contributed by atoms with van der Waals surface area (Å²) in [4.78, 5) is 7.04. The van der Waals surface area contributed by atoms with Crippen LogP contribution in [-0.4, -0.2) is 50.9 Å². The van der Waals surface area contributed by atoms with Gasteiger partial charge >= 0.3 is 0 Å². The number of unbranched alkanes of at least 4 members (excludes halogenated alkanes) is 1. The van der Waals surface area contributed by atoms with Crippen molar-refractivity contribution in [2.24, 2.45) is 16.8 Å². The molecule has 6 heteroatoms. The van der Waals surface area contributed by atoms with E-state index < -0.39 is 0 Å². The van der Waals surface area contributed by atoms with Crippen LogP contribution in [0.15, 0.2) is 35.3 Å². The largest absolute Gasteiger partial charge is 0.396 e. The number of anilines is 1. The predicted octanol–water partition coefficient (Wildman–Crippen LogP) is 4.12. The summed E-state index contributed by atoms with van der Waals surface area (Å²) in [5.74, 6) is 1.97. The van der Waals surface area contributed by atoms with E-state index in [0.717, 1.165) is 57.8 Å². The summed E-state index contributed by atoms with van der Waals surface area (Å²) < 4.78 is 0. The highest BCUT2D eigenvalue weighted by Crippen LogP contribution is 2.15. The Morgan fingerprint density at radius 3 is 2.46 bits per heavy atom. The second-order valence-electron chi connectivity index (χ2n) is 7.62. The van der Waals surface area contributed by atoms with Gasteiger partial charge in [-0.2, -0.15) is 0 Å². The molecule has 0 spiro atoms. The molecule has 1 rings (SSSR count). The van der Waals surface area contributed by atoms with Gasteiger partial charge in [-0.25, -0.2) is 0 Å². The molecule has 1 unspecified atom stereocenters. The number of rotatable bonds is 13. The highest BCUT2D eigenvalue weighted by atomic mass is 127. The third-order valence-corrected chi connectivity index (χ3v) is 4.60. The molecule has 0 aliphatic heterocycles. The maximum atomic E-state index is 9.26. The number of para-hydroxylation sites is 1. The fraction of sp³-hybridized carbons (Fsp3) is 0.682. The van der Waals surface area contributed by atoms with Gasteiger partial charge < -0.3 is 20.6 Å². The lowest BCUT2D eigenvalue weighted by atomic mass is 9.94. The van der Waals surface area contributed by atoms with Gasteiger partial charge in [-0.1, -0.05) is 32.0 Å². The Hall–Kier alpha value is -1.02. The van der Waals surface area contributed by atoms with Crippen molar-refractivity contribution in [1.29, 1.82) is 0 Å². The minimum Gasteiger partial charge on any atom is -0.396 e. The van der Waals surface area contributed by atoms with Crippen molar-refractivity contribution in [3.05, 3.63) is 30.3 Å². The summed E-state index contributed by atoms with van der Waals surface area (Å²) in [6.45, 7) is 10.4. The quantitative estimate of drug-likeness (QED) is 0.164. The third-order valence-electron chi connectivity index (χ3n) is 4.60. The second-order valence-corrected chi connectivity index (χ2v) is 7.62. The fourth-order valence-corrected chi connectivity index (χ4v) is 3.19. The Morgan fingerprint density at radius 2 is 1.86 bits per heavy atom. The lowest BCUT2D eigenvalue weighted by Crippen LogP contribution is -2.38. The van der Waals surface area contributed by atoms with Crippen molar-refractivity contribution < 1.29 is 5.11 Å². The summed E-state index contributed by atoms with van der Waals surface area (Å²) in [6.07, 6.45) is 4.17. The van der Waals surface area contributed by atoms with E-state index in [9.17, 15) is 5.11 Å². The second kappa shape index (κ2) is 16.9. The third kappa shape index (κ3) is 12.4. The van der Waals surface area contributed by atoms with Crippen molar-refractivity contribution in [1.82, 2.24) is 10.6 Å². The van der Waals surface area contributed by atoms with Crippen LogP contribution in [0.1, 0.15) is 46.5 Å². The topological polar surface area (TPSA) is 59.9 Å². The summed E-state index contributed by atoms with van der Waals surface area (Å²) in [6, 6.07) is 10.5. The Balaban J connectivity index is 0.00000729. The summed E-state index contributed by atoms with van der Waals surface area (Å²) in [7, 11) is 2.14. The maximum Gasteiger partial charge on any atom is 0.191 e. The van der Waals surface area contributed by atoms with E-state index in [4.69, 9.17) is 4.99 Å². The SMILES string of the molecule is CCNC(=NCC(CCO)CC(C)C)NCCCCN(C)c1ccccc1.I. The molecule has 162 valence electrons. The first kappa shape index (κ1) is 27.0. The number of aliphatic hydroxyl groups is 1. The molecule has 0 amide bonds. The normalized spacial score (nSPS) is 12.4. The fourth-order valence-electron chi connectivity index (χ4n) is 3.19. The van der Waals surface area contributed by atoms with Crippen LogP contribution in [0, 0.1) is 11.8 Å². The molecule has 0 aromatic heterocycles. The smallest absolute Gasteiger partial charge is 0.191 e. The van der Waals surface area contributed by atoms with Gasteiger partial charge in [0.2, 0.25) is 0 Å². The zero-order valence-corrected chi connectivity index (χ0v) is 20.5. The average molecular weight is 505 g/mol. The van der Waals surface area contributed by atoms with E-state index in [-0.39, 0.29) is 30.6 Å². The highest BCUT2D eigenvalue weighted by molar-refractivity contribution is 14.0. The van der Waals surface area contributed by atoms with Crippen LogP contribution in [0.5, 0.6) is 0 Å². The van der Waals surface area contributed by atoms with Crippen LogP contribution >= 0.6 is 24.0 Å². The van der Waals surface area contributed by atoms with E-state index in [2.05, 4.69) is 73.7 Å². The molecule has 3 N–H and O–H groups in total. The van der Waals surface area contributed by atoms with Crippen molar-refractivity contribution in [3.63, 3.8) is 0 Å². The van der Waals surface area contributed by atoms with Crippen LogP contribution in [0.3, 0.4) is 0 Å². The Bertz CT molecular complexity index is 511. The van der Waals surface area contributed by atoms with Crippen molar-refractivity contribution in [3.8, 4) is 0 Å². The number of aliphatic hydroxyl groups excluding tert-OH is 1. The molecule has 0 bridgehead atoms. The Morgan fingerprint density at radius 1 is 1.14 bits per heavy atom. The van der Waals surface area contributed by atoms with Crippen molar-refractivity contribution >= 4 is 35.6 Å². The first-order chi connectivity index (χ1) is 13.1. The highest BCUT2D eigenvalue weighted by Gasteiger charge is 2.10. The molecule has 0 radical (unpaired) electrons. The molecule has 1 atom stereocenters. The maximum absolute atomic E-state index is 9.26. The van der Waals surface area contributed by atoms with E-state index in [1.807, 2.05) is 0 Å². The van der Waals surface area contributed by atoms with Gasteiger partial charge in [-0.15, -0.1) is 24.0 Å². The Labute approximate surface area is 189 Å².